The summed E-state index contributed by atoms with van der Waals surface area (Å²) in [5.74, 6) is 0.407. The lowest BCUT2D eigenvalue weighted by Crippen LogP contribution is -2.39. The van der Waals surface area contributed by atoms with Crippen molar-refractivity contribution in [3.63, 3.8) is 0 Å². The van der Waals surface area contributed by atoms with E-state index < -0.39 is 18.2 Å². The highest BCUT2D eigenvalue weighted by atomic mass is 16.6. The van der Waals surface area contributed by atoms with E-state index in [2.05, 4.69) is 11.6 Å². The predicted molar refractivity (Wildman–Crippen MR) is 104 cm³/mol. The van der Waals surface area contributed by atoms with Crippen molar-refractivity contribution >= 4 is 22.8 Å². The zero-order valence-corrected chi connectivity index (χ0v) is 15.7. The van der Waals surface area contributed by atoms with Crippen molar-refractivity contribution < 1.29 is 19.1 Å². The molecule has 0 fully saturated rings. The van der Waals surface area contributed by atoms with Gasteiger partial charge in [-0.3, -0.25) is 9.59 Å². The second kappa shape index (κ2) is 6.96. The fourth-order valence-electron chi connectivity index (χ4n) is 3.62. The van der Waals surface area contributed by atoms with Gasteiger partial charge in [0.15, 0.2) is 11.9 Å². The number of ketones is 1. The fraction of sp³-hybridized carbons (Fsp3) is 0.227. The van der Waals surface area contributed by atoms with Gasteiger partial charge in [0.1, 0.15) is 11.3 Å². The van der Waals surface area contributed by atoms with Crippen LogP contribution in [0.3, 0.4) is 0 Å². The van der Waals surface area contributed by atoms with Crippen molar-refractivity contribution in [2.24, 2.45) is 0 Å². The summed E-state index contributed by atoms with van der Waals surface area (Å²) in [4.78, 5) is 29.4. The number of carbonyl (C=O) groups excluding carboxylic acids is 2. The molecule has 142 valence electrons. The molecule has 6 heteroatoms. The zero-order valence-electron chi connectivity index (χ0n) is 15.7. The Morgan fingerprint density at radius 2 is 2.04 bits per heavy atom. The number of nitrogens with zero attached hydrogens (tertiary/aromatic N) is 2. The molecule has 0 spiro atoms. The first-order valence-electron chi connectivity index (χ1n) is 9.05. The van der Waals surface area contributed by atoms with Crippen LogP contribution >= 0.6 is 0 Å². The van der Waals surface area contributed by atoms with E-state index >= 15 is 0 Å². The molecular weight excluding hydrogens is 356 g/mol. The highest BCUT2D eigenvalue weighted by molar-refractivity contribution is 6.08. The lowest BCUT2D eigenvalue weighted by molar-refractivity contribution is -0.148. The average molecular weight is 376 g/mol. The molecule has 4 rings (SSSR count). The van der Waals surface area contributed by atoms with Crippen LogP contribution in [-0.2, 0) is 16.1 Å². The molecule has 1 aliphatic rings. The largest absolute Gasteiger partial charge is 0.478 e. The zero-order chi connectivity index (χ0) is 19.8. The van der Waals surface area contributed by atoms with Crippen molar-refractivity contribution in [2.75, 3.05) is 0 Å². The van der Waals surface area contributed by atoms with Crippen LogP contribution in [0.5, 0.6) is 5.75 Å². The van der Waals surface area contributed by atoms with E-state index in [1.54, 1.807) is 12.1 Å². The number of esters is 1. The van der Waals surface area contributed by atoms with Crippen LogP contribution in [0.4, 0.5) is 0 Å². The van der Waals surface area contributed by atoms with Crippen molar-refractivity contribution in [3.8, 4) is 5.75 Å². The van der Waals surface area contributed by atoms with Crippen LogP contribution in [0.25, 0.3) is 11.0 Å². The molecule has 1 aliphatic heterocycles. The summed E-state index contributed by atoms with van der Waals surface area (Å²) in [5, 5.41) is 0. The number of fused-ring (bicyclic) bond motifs is 3. The number of rotatable bonds is 4. The molecule has 0 aliphatic carbocycles. The van der Waals surface area contributed by atoms with E-state index in [1.165, 1.54) is 6.92 Å². The second-order valence-electron chi connectivity index (χ2n) is 6.71. The first-order valence-corrected chi connectivity index (χ1v) is 9.05. The van der Waals surface area contributed by atoms with Crippen LogP contribution in [-0.4, -0.2) is 27.4 Å². The van der Waals surface area contributed by atoms with E-state index in [1.807, 2.05) is 47.9 Å². The van der Waals surface area contributed by atoms with Gasteiger partial charge in [0.25, 0.3) is 0 Å². The Morgan fingerprint density at radius 3 is 2.71 bits per heavy atom. The number of benzene rings is 2. The van der Waals surface area contributed by atoms with Crippen molar-refractivity contribution in [3.05, 3.63) is 72.1 Å². The third-order valence-corrected chi connectivity index (χ3v) is 4.84. The number of hydrogen-bond acceptors (Lipinski definition) is 5. The SMILES string of the molecule is C=CCn1c(C)nc2c3c(ccc21)C(=O)[C@H](OC(C)=O)[C@@H](c1ccccc1)O3. The van der Waals surface area contributed by atoms with Crippen molar-refractivity contribution in [1.29, 1.82) is 0 Å². The lowest BCUT2D eigenvalue weighted by atomic mass is 9.93. The lowest BCUT2D eigenvalue weighted by Gasteiger charge is -2.32. The van der Waals surface area contributed by atoms with Gasteiger partial charge in [-0.05, 0) is 24.6 Å². The number of imidazole rings is 1. The normalized spacial score (nSPS) is 18.4. The summed E-state index contributed by atoms with van der Waals surface area (Å²) < 4.78 is 13.6. The van der Waals surface area contributed by atoms with E-state index in [-0.39, 0.29) is 5.78 Å². The molecule has 0 radical (unpaired) electrons. The van der Waals surface area contributed by atoms with Crippen LogP contribution < -0.4 is 4.74 Å². The van der Waals surface area contributed by atoms with Crippen molar-refractivity contribution in [2.45, 2.75) is 32.6 Å². The Bertz CT molecular complexity index is 1080. The molecule has 3 aromatic rings. The maximum absolute atomic E-state index is 13.2. The van der Waals surface area contributed by atoms with Gasteiger partial charge in [-0.25, -0.2) is 4.98 Å². The number of aryl methyl sites for hydroxylation is 1. The quantitative estimate of drug-likeness (QED) is 0.512. The minimum Gasteiger partial charge on any atom is -0.478 e. The summed E-state index contributed by atoms with van der Waals surface area (Å²) >= 11 is 0. The third-order valence-electron chi connectivity index (χ3n) is 4.84. The number of ether oxygens (including phenoxy) is 2. The number of carbonyl (C=O) groups is 2. The molecule has 2 atom stereocenters. The summed E-state index contributed by atoms with van der Waals surface area (Å²) in [6.07, 6.45) is 0.0186. The number of Topliss-reactive ketones (excluding diaryl/α,β-unsaturated/α-hetero) is 1. The van der Waals surface area contributed by atoms with Gasteiger partial charge in [-0.15, -0.1) is 6.58 Å². The summed E-state index contributed by atoms with van der Waals surface area (Å²) in [7, 11) is 0. The molecular formula is C22H20N2O4. The van der Waals surface area contributed by atoms with Gasteiger partial charge in [0.2, 0.25) is 11.9 Å². The Hall–Kier alpha value is -3.41. The van der Waals surface area contributed by atoms with E-state index in [4.69, 9.17) is 9.47 Å². The Labute approximate surface area is 162 Å². The number of allylic oxidation sites excluding steroid dienone is 1. The van der Waals surface area contributed by atoms with Gasteiger partial charge in [0, 0.05) is 13.5 Å². The highest BCUT2D eigenvalue weighted by Crippen LogP contribution is 2.41. The van der Waals surface area contributed by atoms with Gasteiger partial charge in [0.05, 0.1) is 11.1 Å². The molecule has 2 aromatic carbocycles. The highest BCUT2D eigenvalue weighted by Gasteiger charge is 2.42. The molecule has 0 saturated heterocycles. The molecule has 28 heavy (non-hydrogen) atoms. The maximum Gasteiger partial charge on any atom is 0.303 e. The summed E-state index contributed by atoms with van der Waals surface area (Å²) in [6.45, 7) is 7.58. The smallest absolute Gasteiger partial charge is 0.303 e. The molecule has 6 nitrogen and oxygen atoms in total. The average Bonchev–Trinajstić information content (AvgIpc) is 3.00. The van der Waals surface area contributed by atoms with Crippen molar-refractivity contribution in [1.82, 2.24) is 9.55 Å². The second-order valence-corrected chi connectivity index (χ2v) is 6.71. The first-order chi connectivity index (χ1) is 13.5. The van der Waals surface area contributed by atoms with Gasteiger partial charge in [-0.1, -0.05) is 36.4 Å². The standard InChI is InChI=1S/C22H20N2O4/c1-4-12-24-13(2)23-18-17(24)11-10-16-19(26)22(27-14(3)25)20(28-21(16)18)15-8-6-5-7-9-15/h4-11,20,22H,1,12H2,2-3H3/t20-,22+/m1/s1. The first kappa shape index (κ1) is 18.0. The summed E-state index contributed by atoms with van der Waals surface area (Å²) in [5.41, 5.74) is 2.61. The fourth-order valence-corrected chi connectivity index (χ4v) is 3.62. The van der Waals surface area contributed by atoms with Crippen LogP contribution in [0, 0.1) is 6.92 Å². The minimum absolute atomic E-state index is 0.289. The molecule has 0 amide bonds. The Balaban J connectivity index is 1.90. The minimum atomic E-state index is -1.04. The Morgan fingerprint density at radius 1 is 1.29 bits per heavy atom. The topological polar surface area (TPSA) is 70.4 Å². The van der Waals surface area contributed by atoms with Gasteiger partial charge < -0.3 is 14.0 Å². The van der Waals surface area contributed by atoms with Crippen LogP contribution in [0.2, 0.25) is 0 Å². The van der Waals surface area contributed by atoms with Gasteiger partial charge in [-0.2, -0.15) is 0 Å². The molecule has 2 heterocycles. The molecule has 0 N–H and O–H groups in total. The molecule has 0 unspecified atom stereocenters. The third kappa shape index (κ3) is 2.87. The molecule has 0 bridgehead atoms. The van der Waals surface area contributed by atoms with Crippen LogP contribution in [0.1, 0.15) is 34.8 Å². The van der Waals surface area contributed by atoms with Crippen LogP contribution in [0.15, 0.2) is 55.1 Å². The molecule has 1 aromatic heterocycles. The van der Waals surface area contributed by atoms with E-state index in [9.17, 15) is 9.59 Å². The van der Waals surface area contributed by atoms with E-state index in [0.717, 1.165) is 16.9 Å². The predicted octanol–water partition coefficient (Wildman–Crippen LogP) is 3.78. The maximum atomic E-state index is 13.2. The van der Waals surface area contributed by atoms with E-state index in [0.29, 0.717) is 23.4 Å². The molecule has 0 saturated carbocycles. The number of hydrogen-bond donors (Lipinski definition) is 0. The number of aromatic nitrogens is 2. The summed E-state index contributed by atoms with van der Waals surface area (Å²) in [6, 6.07) is 12.8. The van der Waals surface area contributed by atoms with Gasteiger partial charge >= 0.3 is 5.97 Å². The monoisotopic (exact) mass is 376 g/mol. The Kier molecular flexibility index (Phi) is 4.47.